The average Bonchev–Trinajstić information content (AvgIpc) is 2.65. The number of alkyl halides is 4. The van der Waals surface area contributed by atoms with Gasteiger partial charge in [-0.2, -0.15) is 13.2 Å². The highest BCUT2D eigenvalue weighted by Gasteiger charge is 2.48. The van der Waals surface area contributed by atoms with Crippen molar-refractivity contribution in [1.29, 1.82) is 0 Å². The number of likely N-dealkylation sites (N-methyl/N-ethyl adjacent to an activating group) is 1. The summed E-state index contributed by atoms with van der Waals surface area (Å²) in [6.45, 7) is 5.71. The summed E-state index contributed by atoms with van der Waals surface area (Å²) in [5.41, 5.74) is -1.48. The Kier molecular flexibility index (Phi) is 6.93. The lowest BCUT2D eigenvalue weighted by Crippen LogP contribution is -2.49. The van der Waals surface area contributed by atoms with E-state index < -0.39 is 31.5 Å². The van der Waals surface area contributed by atoms with Crippen LogP contribution in [0.25, 0.3) is 0 Å². The van der Waals surface area contributed by atoms with E-state index in [9.17, 15) is 26.4 Å². The van der Waals surface area contributed by atoms with Gasteiger partial charge in [0.15, 0.2) is 0 Å². The molecule has 1 amide bonds. The van der Waals surface area contributed by atoms with E-state index in [0.29, 0.717) is 6.07 Å². The van der Waals surface area contributed by atoms with Gasteiger partial charge in [-0.25, -0.2) is 12.8 Å². The second-order valence-corrected chi connectivity index (χ2v) is 10.9. The molecule has 0 bridgehead atoms. The number of rotatable bonds is 5. The summed E-state index contributed by atoms with van der Waals surface area (Å²) in [5.74, 6) is -0.142. The number of nitrogens with one attached hydrogen (secondary N) is 1. The molecule has 1 aromatic rings. The summed E-state index contributed by atoms with van der Waals surface area (Å²) in [7, 11) is -2.92. The van der Waals surface area contributed by atoms with E-state index in [4.69, 9.17) is 0 Å². The van der Waals surface area contributed by atoms with Crippen LogP contribution >= 0.6 is 0 Å². The second-order valence-electron chi connectivity index (χ2n) is 8.69. The topological polar surface area (TPSA) is 66.5 Å². The molecule has 1 saturated carbocycles. The molecule has 2 rings (SSSR count). The summed E-state index contributed by atoms with van der Waals surface area (Å²) in [4.78, 5) is 13.1. The summed E-state index contributed by atoms with van der Waals surface area (Å²) in [6.07, 6.45) is -5.12. The highest BCUT2D eigenvalue weighted by Crippen LogP contribution is 2.41. The molecule has 0 saturated heterocycles. The zero-order valence-corrected chi connectivity index (χ0v) is 18.3. The SMILES string of the molecule is CN(C(=O)CNC1CCC(F)(S(=O)(=O)c2cccc(C(F)(F)F)c2)CC1)C(C)(C)C. The van der Waals surface area contributed by atoms with E-state index in [0.717, 1.165) is 18.2 Å². The van der Waals surface area contributed by atoms with Crippen LogP contribution in [0.5, 0.6) is 0 Å². The molecule has 5 nitrogen and oxygen atoms in total. The van der Waals surface area contributed by atoms with E-state index in [1.807, 2.05) is 20.8 Å². The fraction of sp³-hybridized carbons (Fsp3) is 0.650. The third-order valence-electron chi connectivity index (χ3n) is 5.61. The predicted molar refractivity (Wildman–Crippen MR) is 105 cm³/mol. The van der Waals surface area contributed by atoms with Crippen molar-refractivity contribution in [3.05, 3.63) is 29.8 Å². The minimum Gasteiger partial charge on any atom is -0.340 e. The molecule has 0 unspecified atom stereocenters. The summed E-state index contributed by atoms with van der Waals surface area (Å²) >= 11 is 0. The molecule has 0 spiro atoms. The third kappa shape index (κ3) is 5.32. The fourth-order valence-corrected chi connectivity index (χ4v) is 5.03. The molecular weight excluding hydrogens is 424 g/mol. The molecule has 1 aliphatic carbocycles. The van der Waals surface area contributed by atoms with Crippen molar-refractivity contribution in [1.82, 2.24) is 10.2 Å². The van der Waals surface area contributed by atoms with Gasteiger partial charge in [-0.05, 0) is 64.7 Å². The molecule has 10 heteroatoms. The molecule has 0 atom stereocenters. The van der Waals surface area contributed by atoms with Crippen LogP contribution in [0.3, 0.4) is 0 Å². The standard InChI is InChI=1S/C20H28F4N2O3S/c1-18(2,3)26(4)17(27)13-25-15-8-10-19(21,11-9-15)30(28,29)16-7-5-6-14(12-16)20(22,23)24/h5-7,12,15,25H,8-11,13H2,1-4H3. The monoisotopic (exact) mass is 452 g/mol. The van der Waals surface area contributed by atoms with Crippen molar-refractivity contribution < 1.29 is 30.8 Å². The predicted octanol–water partition coefficient (Wildman–Crippen LogP) is 3.93. The molecule has 1 N–H and O–H groups in total. The van der Waals surface area contributed by atoms with Gasteiger partial charge in [-0.3, -0.25) is 4.79 Å². The van der Waals surface area contributed by atoms with Crippen LogP contribution in [-0.2, 0) is 20.8 Å². The van der Waals surface area contributed by atoms with Crippen LogP contribution in [0.4, 0.5) is 17.6 Å². The molecule has 30 heavy (non-hydrogen) atoms. The fourth-order valence-electron chi connectivity index (χ4n) is 3.30. The van der Waals surface area contributed by atoms with E-state index in [2.05, 4.69) is 5.32 Å². The van der Waals surface area contributed by atoms with Gasteiger partial charge in [-0.15, -0.1) is 0 Å². The molecule has 1 fully saturated rings. The molecule has 0 aromatic heterocycles. The maximum atomic E-state index is 15.3. The van der Waals surface area contributed by atoms with Gasteiger partial charge >= 0.3 is 6.18 Å². The van der Waals surface area contributed by atoms with Crippen molar-refractivity contribution in [3.63, 3.8) is 0 Å². The zero-order chi connectivity index (χ0) is 23.0. The minimum atomic E-state index is -4.72. The van der Waals surface area contributed by atoms with Crippen molar-refractivity contribution >= 4 is 15.7 Å². The number of amides is 1. The second kappa shape index (κ2) is 8.45. The van der Waals surface area contributed by atoms with E-state index >= 15 is 4.39 Å². The van der Waals surface area contributed by atoms with Crippen molar-refractivity contribution in [3.8, 4) is 0 Å². The van der Waals surface area contributed by atoms with Gasteiger partial charge in [0.1, 0.15) is 0 Å². The Labute approximate surface area is 174 Å². The van der Waals surface area contributed by atoms with E-state index in [1.165, 1.54) is 0 Å². The molecular formula is C20H28F4N2O3S. The number of nitrogens with zero attached hydrogens (tertiary/aromatic N) is 1. The Bertz CT molecular complexity index is 871. The maximum absolute atomic E-state index is 15.3. The van der Waals surface area contributed by atoms with Crippen LogP contribution in [0.15, 0.2) is 29.2 Å². The number of halogens is 4. The Hall–Kier alpha value is -1.68. The van der Waals surface area contributed by atoms with Gasteiger partial charge < -0.3 is 10.2 Å². The molecule has 1 aliphatic rings. The van der Waals surface area contributed by atoms with Crippen LogP contribution in [0, 0.1) is 0 Å². The van der Waals surface area contributed by atoms with Crippen LogP contribution in [-0.4, -0.2) is 49.4 Å². The number of benzene rings is 1. The Morgan fingerprint density at radius 3 is 2.27 bits per heavy atom. The van der Waals surface area contributed by atoms with Crippen LogP contribution < -0.4 is 5.32 Å². The molecule has 0 aliphatic heterocycles. The van der Waals surface area contributed by atoms with Crippen molar-refractivity contribution in [2.24, 2.45) is 0 Å². The summed E-state index contributed by atoms with van der Waals surface area (Å²) in [6, 6.07) is 2.92. The summed E-state index contributed by atoms with van der Waals surface area (Å²) < 4.78 is 79.5. The first-order chi connectivity index (χ1) is 13.6. The average molecular weight is 453 g/mol. The Morgan fingerprint density at radius 1 is 1.20 bits per heavy atom. The Balaban J connectivity index is 2.04. The lowest BCUT2D eigenvalue weighted by molar-refractivity contribution is -0.137. The quantitative estimate of drug-likeness (QED) is 0.688. The lowest BCUT2D eigenvalue weighted by atomic mass is 9.93. The van der Waals surface area contributed by atoms with E-state index in [1.54, 1.807) is 11.9 Å². The molecule has 0 radical (unpaired) electrons. The highest BCUT2D eigenvalue weighted by atomic mass is 32.2. The lowest BCUT2D eigenvalue weighted by Gasteiger charge is -2.35. The van der Waals surface area contributed by atoms with E-state index in [-0.39, 0.29) is 49.7 Å². The first-order valence-electron chi connectivity index (χ1n) is 9.69. The highest BCUT2D eigenvalue weighted by molar-refractivity contribution is 7.92. The normalized spacial score (nSPS) is 23.3. The number of sulfone groups is 1. The van der Waals surface area contributed by atoms with Gasteiger partial charge in [0, 0.05) is 18.6 Å². The number of carbonyl (C=O) groups excluding carboxylic acids is 1. The van der Waals surface area contributed by atoms with Gasteiger partial charge in [-0.1, -0.05) is 6.07 Å². The van der Waals surface area contributed by atoms with Crippen LogP contribution in [0.1, 0.15) is 52.0 Å². The number of hydrogen-bond donors (Lipinski definition) is 1. The maximum Gasteiger partial charge on any atom is 0.416 e. The van der Waals surface area contributed by atoms with Crippen LogP contribution in [0.2, 0.25) is 0 Å². The van der Waals surface area contributed by atoms with Gasteiger partial charge in [0.25, 0.3) is 0 Å². The molecule has 1 aromatic carbocycles. The first-order valence-corrected chi connectivity index (χ1v) is 11.2. The number of carbonyl (C=O) groups is 1. The smallest absolute Gasteiger partial charge is 0.340 e. The largest absolute Gasteiger partial charge is 0.416 e. The zero-order valence-electron chi connectivity index (χ0n) is 17.5. The Morgan fingerprint density at radius 2 is 1.77 bits per heavy atom. The van der Waals surface area contributed by atoms with Crippen molar-refractivity contribution in [2.75, 3.05) is 13.6 Å². The van der Waals surface area contributed by atoms with Crippen molar-refractivity contribution in [2.45, 2.75) is 74.1 Å². The summed E-state index contributed by atoms with van der Waals surface area (Å²) in [5, 5.41) is 0.394. The molecule has 0 heterocycles. The first kappa shape index (κ1) is 24.6. The van der Waals surface area contributed by atoms with Gasteiger partial charge in [0.2, 0.25) is 20.7 Å². The molecule has 170 valence electrons. The number of hydrogen-bond acceptors (Lipinski definition) is 4. The van der Waals surface area contributed by atoms with Gasteiger partial charge in [0.05, 0.1) is 17.0 Å². The minimum absolute atomic E-state index is 0.0398. The third-order valence-corrected chi connectivity index (χ3v) is 7.85.